The maximum absolute atomic E-state index is 7.05. The number of fused-ring (bicyclic) bond motifs is 11. The maximum Gasteiger partial charge on any atom is 0.154 e. The third-order valence-corrected chi connectivity index (χ3v) is 16.8. The molecule has 72 heavy (non-hydrogen) atoms. The zero-order chi connectivity index (χ0) is 48.3. The average molecular weight is 943 g/mol. The molecular weight excluding hydrogens is 893 g/mol. The van der Waals surface area contributed by atoms with E-state index in [9.17, 15) is 0 Å². The van der Waals surface area contributed by atoms with Gasteiger partial charge in [-0.25, -0.2) is 0 Å². The second-order valence-corrected chi connectivity index (χ2v) is 21.5. The molecule has 344 valence electrons. The Bertz CT molecular complexity index is 3850. The number of nitrogens with zero attached hydrogens (tertiary/aromatic N) is 2. The molecule has 10 aromatic carbocycles. The third-order valence-electron chi connectivity index (χ3n) is 15.7. The smallest absolute Gasteiger partial charge is 0.154 e. The molecule has 0 unspecified atom stereocenters. The molecule has 0 radical (unpaired) electrons. The summed E-state index contributed by atoms with van der Waals surface area (Å²) in [6, 6.07) is 84.6. The summed E-state index contributed by atoms with van der Waals surface area (Å²) in [5.74, 6) is 0. The van der Waals surface area contributed by atoms with E-state index >= 15 is 0 Å². The number of hydrogen-bond acceptors (Lipinski definition) is 4. The Balaban J connectivity index is 0.907. The Hall–Kier alpha value is -8.44. The van der Waals surface area contributed by atoms with Crippen LogP contribution in [0.15, 0.2) is 235 Å². The minimum Gasteiger partial charge on any atom is -0.454 e. The van der Waals surface area contributed by atoms with Crippen LogP contribution in [0.1, 0.15) is 49.9 Å². The zero-order valence-electron chi connectivity index (χ0n) is 40.7. The van der Waals surface area contributed by atoms with Gasteiger partial charge in [0, 0.05) is 66.2 Å². The lowest BCUT2D eigenvalue weighted by Gasteiger charge is -2.30. The summed E-state index contributed by atoms with van der Waals surface area (Å²) in [6.07, 6.45) is 0. The fraction of sp³-hybridized carbons (Fsp3) is 0.0882. The lowest BCUT2D eigenvalue weighted by molar-refractivity contribution is 0.660. The molecule has 0 aliphatic heterocycles. The van der Waals surface area contributed by atoms with Crippen LogP contribution in [0.2, 0.25) is 0 Å². The van der Waals surface area contributed by atoms with Crippen molar-refractivity contribution in [2.24, 2.45) is 0 Å². The first kappa shape index (κ1) is 42.4. The van der Waals surface area contributed by atoms with Crippen LogP contribution in [-0.4, -0.2) is 0 Å². The quantitative estimate of drug-likeness (QED) is 0.151. The Morgan fingerprint density at radius 3 is 1.28 bits per heavy atom. The van der Waals surface area contributed by atoms with E-state index in [1.54, 1.807) is 0 Å². The highest BCUT2D eigenvalue weighted by atomic mass is 32.1. The molecule has 14 rings (SSSR count). The number of furan rings is 1. The van der Waals surface area contributed by atoms with Crippen molar-refractivity contribution < 1.29 is 4.42 Å². The molecule has 2 aromatic heterocycles. The highest BCUT2D eigenvalue weighted by Gasteiger charge is 2.37. The van der Waals surface area contributed by atoms with Crippen molar-refractivity contribution in [3.05, 3.63) is 253 Å². The summed E-state index contributed by atoms with van der Waals surface area (Å²) >= 11 is 1.81. The van der Waals surface area contributed by atoms with E-state index in [1.807, 2.05) is 11.3 Å². The van der Waals surface area contributed by atoms with Gasteiger partial charge in [0.15, 0.2) is 5.58 Å². The molecule has 2 aliphatic carbocycles. The van der Waals surface area contributed by atoms with Crippen LogP contribution in [0.25, 0.3) is 75.8 Å². The molecule has 12 aromatic rings. The topological polar surface area (TPSA) is 19.6 Å². The van der Waals surface area contributed by atoms with Gasteiger partial charge in [-0.1, -0.05) is 185 Å². The van der Waals surface area contributed by atoms with Crippen LogP contribution in [0.5, 0.6) is 0 Å². The predicted molar refractivity (Wildman–Crippen MR) is 304 cm³/mol. The number of hydrogen-bond donors (Lipinski definition) is 0. The number of rotatable bonds is 8. The second-order valence-electron chi connectivity index (χ2n) is 20.5. The van der Waals surface area contributed by atoms with Crippen molar-refractivity contribution >= 4 is 76.8 Å². The van der Waals surface area contributed by atoms with Crippen LogP contribution in [0.3, 0.4) is 0 Å². The van der Waals surface area contributed by atoms with Crippen molar-refractivity contribution in [1.82, 2.24) is 0 Å². The lowest BCUT2D eigenvalue weighted by Crippen LogP contribution is -2.16. The SMILES string of the molecule is CC1(C)c2ccccc2-c2ccc(N(c3ccc4c(c3)oc3c5ccc(N(c6ccc7c(c6)C(C)(C)c6ccccc6-7)c6ccccc6-c6ccccc6)cc5sc43)c3ccccc3-c3ccccc3)cc21. The molecule has 0 fully saturated rings. The molecule has 0 amide bonds. The minimum atomic E-state index is -0.143. The van der Waals surface area contributed by atoms with Gasteiger partial charge in [0.25, 0.3) is 0 Å². The van der Waals surface area contributed by atoms with Crippen LogP contribution in [0, 0.1) is 0 Å². The van der Waals surface area contributed by atoms with E-state index in [0.717, 1.165) is 66.3 Å². The summed E-state index contributed by atoms with van der Waals surface area (Å²) in [5, 5.41) is 2.23. The lowest BCUT2D eigenvalue weighted by atomic mass is 9.82. The van der Waals surface area contributed by atoms with E-state index < -0.39 is 0 Å². The first-order valence-corrected chi connectivity index (χ1v) is 25.8. The largest absolute Gasteiger partial charge is 0.454 e. The van der Waals surface area contributed by atoms with E-state index in [1.165, 1.54) is 65.9 Å². The fourth-order valence-electron chi connectivity index (χ4n) is 12.1. The van der Waals surface area contributed by atoms with Crippen molar-refractivity contribution in [2.75, 3.05) is 9.80 Å². The fourth-order valence-corrected chi connectivity index (χ4v) is 13.3. The predicted octanol–water partition coefficient (Wildman–Crippen LogP) is 19.7. The molecule has 0 atom stereocenters. The molecule has 2 heterocycles. The van der Waals surface area contributed by atoms with Crippen LogP contribution in [0.4, 0.5) is 34.1 Å². The van der Waals surface area contributed by atoms with Gasteiger partial charge in [0.2, 0.25) is 0 Å². The normalized spacial score (nSPS) is 13.8. The summed E-state index contributed by atoms with van der Waals surface area (Å²) in [7, 11) is 0. The van der Waals surface area contributed by atoms with Crippen molar-refractivity contribution in [2.45, 2.75) is 38.5 Å². The van der Waals surface area contributed by atoms with E-state index in [4.69, 9.17) is 4.42 Å². The average Bonchev–Trinajstić information content (AvgIpc) is 4.10. The van der Waals surface area contributed by atoms with Gasteiger partial charge in [-0.3, -0.25) is 0 Å². The Morgan fingerprint density at radius 2 is 0.750 bits per heavy atom. The zero-order valence-corrected chi connectivity index (χ0v) is 41.5. The molecule has 0 N–H and O–H groups in total. The number of para-hydroxylation sites is 2. The van der Waals surface area contributed by atoms with Gasteiger partial charge in [-0.05, 0) is 122 Å². The molecular formula is C68H50N2OS. The Labute approximate surface area is 424 Å². The minimum absolute atomic E-state index is 0.136. The highest BCUT2D eigenvalue weighted by Crippen LogP contribution is 2.54. The Morgan fingerprint density at radius 1 is 0.347 bits per heavy atom. The summed E-state index contributed by atoms with van der Waals surface area (Å²) in [5.41, 5.74) is 23.5. The van der Waals surface area contributed by atoms with Gasteiger partial charge in [-0.15, -0.1) is 11.3 Å². The van der Waals surface area contributed by atoms with Gasteiger partial charge < -0.3 is 14.2 Å². The van der Waals surface area contributed by atoms with Crippen LogP contribution in [-0.2, 0) is 10.8 Å². The van der Waals surface area contributed by atoms with Gasteiger partial charge in [0.1, 0.15) is 5.58 Å². The highest BCUT2D eigenvalue weighted by molar-refractivity contribution is 7.26. The second kappa shape index (κ2) is 16.0. The Kier molecular flexibility index (Phi) is 9.46. The number of anilines is 6. The molecule has 2 aliphatic rings. The van der Waals surface area contributed by atoms with Gasteiger partial charge in [-0.2, -0.15) is 0 Å². The molecule has 3 nitrogen and oxygen atoms in total. The molecule has 0 bridgehead atoms. The number of benzene rings is 10. The summed E-state index contributed by atoms with van der Waals surface area (Å²) < 4.78 is 9.39. The molecule has 0 saturated heterocycles. The summed E-state index contributed by atoms with van der Waals surface area (Å²) in [6.45, 7) is 9.43. The van der Waals surface area contributed by atoms with Crippen LogP contribution >= 0.6 is 11.3 Å². The monoisotopic (exact) mass is 942 g/mol. The van der Waals surface area contributed by atoms with E-state index in [2.05, 4.69) is 268 Å². The summed E-state index contributed by atoms with van der Waals surface area (Å²) in [4.78, 5) is 4.87. The van der Waals surface area contributed by atoms with Gasteiger partial charge in [0.05, 0.1) is 16.1 Å². The third kappa shape index (κ3) is 6.42. The molecule has 4 heteroatoms. The molecule has 0 saturated carbocycles. The van der Waals surface area contributed by atoms with Crippen molar-refractivity contribution in [3.63, 3.8) is 0 Å². The van der Waals surface area contributed by atoms with Crippen molar-refractivity contribution in [3.8, 4) is 44.5 Å². The molecule has 0 spiro atoms. The first-order valence-electron chi connectivity index (χ1n) is 25.0. The van der Waals surface area contributed by atoms with Gasteiger partial charge >= 0.3 is 0 Å². The van der Waals surface area contributed by atoms with Crippen LogP contribution < -0.4 is 9.80 Å². The standard InChI is InChI=1S/C68H50N2OS/c1-67(2)57-27-15-11-25-51(57)53-35-31-45(39-59(53)67)69(61-29-17-13-23-49(61)43-19-7-5-8-20-43)47-33-37-55-63(41-47)71-65-56-38-34-48(42-64(56)72-66(55)65)70(62-30-18-14-24-50(62)44-21-9-6-10-22-44)46-32-36-54-52-26-12-16-28-58(52)68(3,4)60(54)40-46/h5-42H,1-4H3. The van der Waals surface area contributed by atoms with E-state index in [0.29, 0.717) is 0 Å². The first-order chi connectivity index (χ1) is 35.2. The number of thiophene rings is 1. The van der Waals surface area contributed by atoms with E-state index in [-0.39, 0.29) is 10.8 Å². The van der Waals surface area contributed by atoms with Crippen molar-refractivity contribution in [1.29, 1.82) is 0 Å². The maximum atomic E-state index is 7.05.